The lowest BCUT2D eigenvalue weighted by Crippen LogP contribution is -2.23. The summed E-state index contributed by atoms with van der Waals surface area (Å²) in [5, 5.41) is 3.12. The van der Waals surface area contributed by atoms with E-state index in [1.807, 2.05) is 0 Å². The molecule has 0 spiro atoms. The van der Waals surface area contributed by atoms with Crippen molar-refractivity contribution in [3.8, 4) is 0 Å². The number of benzene rings is 2. The molecule has 0 fully saturated rings. The fourth-order valence-corrected chi connectivity index (χ4v) is 3.71. The highest BCUT2D eigenvalue weighted by Crippen LogP contribution is 2.33. The van der Waals surface area contributed by atoms with Crippen LogP contribution in [0.15, 0.2) is 58.5 Å². The van der Waals surface area contributed by atoms with Gasteiger partial charge in [0.05, 0.1) is 22.6 Å². The van der Waals surface area contributed by atoms with E-state index in [9.17, 15) is 26.0 Å². The van der Waals surface area contributed by atoms with E-state index in [0.29, 0.717) is 29.1 Å². The summed E-state index contributed by atoms with van der Waals surface area (Å²) in [5.74, 6) is -0.112. The maximum atomic E-state index is 13.6. The standard InChI is InChI=1S/C18H11F4N3O2S/c19-11-2-1-10-9-24-17(13(10)7-11)25-16-5-6-23-15-4-3-12(8-14(15)16)28(26,27)18(20,21)22/h1-8H,9H2,(H,23,24,25). The van der Waals surface area contributed by atoms with Crippen LogP contribution in [-0.4, -0.2) is 24.7 Å². The fraction of sp³-hybridized carbons (Fsp3) is 0.111. The molecule has 0 atom stereocenters. The Balaban J connectivity index is 1.79. The second-order valence-corrected chi connectivity index (χ2v) is 8.02. The van der Waals surface area contributed by atoms with Crippen LogP contribution in [0, 0.1) is 5.82 Å². The fourth-order valence-electron chi connectivity index (χ4n) is 2.93. The Morgan fingerprint density at radius 1 is 1.04 bits per heavy atom. The number of aromatic nitrogens is 1. The summed E-state index contributed by atoms with van der Waals surface area (Å²) in [4.78, 5) is 7.44. The Morgan fingerprint density at radius 2 is 1.82 bits per heavy atom. The molecule has 0 saturated carbocycles. The van der Waals surface area contributed by atoms with Gasteiger partial charge >= 0.3 is 5.51 Å². The van der Waals surface area contributed by atoms with Crippen molar-refractivity contribution in [2.75, 3.05) is 5.32 Å². The van der Waals surface area contributed by atoms with Gasteiger partial charge in [-0.25, -0.2) is 12.8 Å². The van der Waals surface area contributed by atoms with Gasteiger partial charge in [0.15, 0.2) is 0 Å². The smallest absolute Gasteiger partial charge is 0.339 e. The number of amidine groups is 1. The quantitative estimate of drug-likeness (QED) is 0.649. The van der Waals surface area contributed by atoms with Crippen molar-refractivity contribution >= 4 is 32.3 Å². The predicted octanol–water partition coefficient (Wildman–Crippen LogP) is 4.04. The summed E-state index contributed by atoms with van der Waals surface area (Å²) in [6.07, 6.45) is 1.42. The lowest BCUT2D eigenvalue weighted by atomic mass is 10.1. The summed E-state index contributed by atoms with van der Waals surface area (Å²) >= 11 is 0. The lowest BCUT2D eigenvalue weighted by molar-refractivity contribution is -0.0435. The number of rotatable bonds is 2. The molecular weight excluding hydrogens is 398 g/mol. The number of nitrogens with one attached hydrogen (secondary N) is 1. The minimum atomic E-state index is -5.50. The third kappa shape index (κ3) is 2.99. The summed E-state index contributed by atoms with van der Waals surface area (Å²) in [6.45, 7) is 0.328. The van der Waals surface area contributed by atoms with E-state index in [4.69, 9.17) is 0 Å². The summed E-state index contributed by atoms with van der Waals surface area (Å²) in [5.41, 5.74) is -3.49. The van der Waals surface area contributed by atoms with Crippen LogP contribution in [0.5, 0.6) is 0 Å². The van der Waals surface area contributed by atoms with Crippen LogP contribution in [0.4, 0.5) is 23.2 Å². The highest BCUT2D eigenvalue weighted by Gasteiger charge is 2.46. The van der Waals surface area contributed by atoms with E-state index in [0.717, 1.165) is 17.7 Å². The minimum Gasteiger partial charge on any atom is -0.339 e. The molecule has 0 bridgehead atoms. The van der Waals surface area contributed by atoms with Crippen LogP contribution in [0.25, 0.3) is 10.9 Å². The number of pyridine rings is 1. The molecule has 2 heterocycles. The van der Waals surface area contributed by atoms with Crippen molar-refractivity contribution in [2.45, 2.75) is 16.9 Å². The van der Waals surface area contributed by atoms with Gasteiger partial charge in [-0.15, -0.1) is 0 Å². The Kier molecular flexibility index (Phi) is 4.11. The third-order valence-electron chi connectivity index (χ3n) is 4.32. The monoisotopic (exact) mass is 409 g/mol. The van der Waals surface area contributed by atoms with Crippen molar-refractivity contribution in [1.82, 2.24) is 4.98 Å². The minimum absolute atomic E-state index is 0.167. The Bertz CT molecular complexity index is 1240. The van der Waals surface area contributed by atoms with E-state index < -0.39 is 26.1 Å². The van der Waals surface area contributed by atoms with Gasteiger partial charge in [-0.2, -0.15) is 13.2 Å². The van der Waals surface area contributed by atoms with E-state index in [1.54, 1.807) is 6.07 Å². The molecular formula is C18H11F4N3O2S. The molecule has 0 unspecified atom stereocenters. The Morgan fingerprint density at radius 3 is 2.57 bits per heavy atom. The van der Waals surface area contributed by atoms with Crippen LogP contribution in [0.2, 0.25) is 0 Å². The van der Waals surface area contributed by atoms with E-state index in [2.05, 4.69) is 15.3 Å². The van der Waals surface area contributed by atoms with Crippen molar-refractivity contribution in [1.29, 1.82) is 0 Å². The molecule has 1 aromatic heterocycles. The summed E-state index contributed by atoms with van der Waals surface area (Å²) in [7, 11) is -5.50. The van der Waals surface area contributed by atoms with Gasteiger partial charge in [0.2, 0.25) is 0 Å². The zero-order chi connectivity index (χ0) is 20.1. The lowest BCUT2D eigenvalue weighted by Gasteiger charge is -2.12. The van der Waals surface area contributed by atoms with Gasteiger partial charge in [-0.05, 0) is 42.0 Å². The molecule has 0 amide bonds. The number of anilines is 1. The van der Waals surface area contributed by atoms with Gasteiger partial charge in [0.1, 0.15) is 11.7 Å². The molecule has 0 aliphatic carbocycles. The topological polar surface area (TPSA) is 71.4 Å². The number of fused-ring (bicyclic) bond motifs is 2. The molecule has 1 aliphatic heterocycles. The maximum Gasteiger partial charge on any atom is 0.501 e. The van der Waals surface area contributed by atoms with Crippen LogP contribution in [-0.2, 0) is 16.4 Å². The second-order valence-electron chi connectivity index (χ2n) is 6.08. The number of aliphatic imine (C=N–C) groups is 1. The molecule has 28 heavy (non-hydrogen) atoms. The largest absolute Gasteiger partial charge is 0.501 e. The average molecular weight is 409 g/mol. The Hall–Kier alpha value is -3.01. The van der Waals surface area contributed by atoms with E-state index in [-0.39, 0.29) is 5.39 Å². The van der Waals surface area contributed by atoms with E-state index >= 15 is 0 Å². The number of halogens is 4. The van der Waals surface area contributed by atoms with Crippen molar-refractivity contribution in [3.05, 3.63) is 65.6 Å². The highest BCUT2D eigenvalue weighted by atomic mass is 32.2. The highest BCUT2D eigenvalue weighted by molar-refractivity contribution is 7.92. The molecule has 10 heteroatoms. The SMILES string of the molecule is O=S(=O)(c1ccc2nccc(NC3=NCc4ccc(F)cc43)c2c1)C(F)(F)F. The molecule has 1 N–H and O–H groups in total. The molecule has 0 saturated heterocycles. The number of sulfone groups is 1. The zero-order valence-corrected chi connectivity index (χ0v) is 14.8. The summed E-state index contributed by atoms with van der Waals surface area (Å²) in [6, 6.07) is 8.66. The van der Waals surface area contributed by atoms with Crippen molar-refractivity contribution in [2.24, 2.45) is 4.99 Å². The van der Waals surface area contributed by atoms with Crippen LogP contribution in [0.3, 0.4) is 0 Å². The molecule has 4 rings (SSSR count). The predicted molar refractivity (Wildman–Crippen MR) is 95.2 cm³/mol. The van der Waals surface area contributed by atoms with Gasteiger partial charge in [0, 0.05) is 17.1 Å². The Labute approximate surface area is 156 Å². The number of alkyl halides is 3. The molecule has 3 aromatic rings. The molecule has 144 valence electrons. The van der Waals surface area contributed by atoms with Gasteiger partial charge < -0.3 is 5.32 Å². The van der Waals surface area contributed by atoms with Gasteiger partial charge in [0.25, 0.3) is 9.84 Å². The molecule has 5 nitrogen and oxygen atoms in total. The first-order valence-corrected chi connectivity index (χ1v) is 9.45. The maximum absolute atomic E-state index is 13.6. The molecule has 0 radical (unpaired) electrons. The first-order valence-electron chi connectivity index (χ1n) is 7.97. The van der Waals surface area contributed by atoms with Gasteiger partial charge in [-0.3, -0.25) is 9.98 Å². The van der Waals surface area contributed by atoms with Crippen LogP contribution >= 0.6 is 0 Å². The van der Waals surface area contributed by atoms with Crippen LogP contribution < -0.4 is 5.32 Å². The number of hydrogen-bond acceptors (Lipinski definition) is 5. The molecule has 1 aliphatic rings. The second kappa shape index (κ2) is 6.26. The van der Waals surface area contributed by atoms with Gasteiger partial charge in [-0.1, -0.05) is 6.07 Å². The normalized spacial score (nSPS) is 14.1. The van der Waals surface area contributed by atoms with Crippen molar-refractivity contribution in [3.63, 3.8) is 0 Å². The van der Waals surface area contributed by atoms with Crippen molar-refractivity contribution < 1.29 is 26.0 Å². The third-order valence-corrected chi connectivity index (χ3v) is 5.80. The van der Waals surface area contributed by atoms with E-state index in [1.165, 1.54) is 30.5 Å². The first kappa shape index (κ1) is 18.4. The number of hydrogen-bond donors (Lipinski definition) is 1. The number of nitrogens with zero attached hydrogens (tertiary/aromatic N) is 2. The van der Waals surface area contributed by atoms with Crippen LogP contribution in [0.1, 0.15) is 11.1 Å². The average Bonchev–Trinajstić information content (AvgIpc) is 3.02. The summed E-state index contributed by atoms with van der Waals surface area (Å²) < 4.78 is 75.6. The molecule has 2 aromatic carbocycles. The zero-order valence-electron chi connectivity index (χ0n) is 14.0. The first-order chi connectivity index (χ1) is 13.2.